The van der Waals surface area contributed by atoms with Crippen LogP contribution >= 0.6 is 15.9 Å². The van der Waals surface area contributed by atoms with Crippen LogP contribution in [0.2, 0.25) is 0 Å². The highest BCUT2D eigenvalue weighted by Crippen LogP contribution is 2.16. The van der Waals surface area contributed by atoms with Gasteiger partial charge in [-0.05, 0) is 21.5 Å². The molecule has 6 nitrogen and oxygen atoms in total. The minimum atomic E-state index is -0.389. The van der Waals surface area contributed by atoms with Gasteiger partial charge in [0.2, 0.25) is 0 Å². The second-order valence-corrected chi connectivity index (χ2v) is 5.89. The molecule has 0 aliphatic rings. The fraction of sp³-hybridized carbons (Fsp3) is 0.188. The summed E-state index contributed by atoms with van der Waals surface area (Å²) in [4.78, 5) is 28.7. The summed E-state index contributed by atoms with van der Waals surface area (Å²) >= 11 is 3.37. The highest BCUT2D eigenvalue weighted by Gasteiger charge is 2.16. The van der Waals surface area contributed by atoms with Gasteiger partial charge in [-0.3, -0.25) is 13.9 Å². The first kappa shape index (κ1) is 15.5. The Balaban J connectivity index is 2.08. The lowest BCUT2D eigenvalue weighted by Gasteiger charge is -2.05. The van der Waals surface area contributed by atoms with Gasteiger partial charge in [0.1, 0.15) is 0 Å². The third kappa shape index (κ3) is 2.68. The number of nitrogens with zero attached hydrogens (tertiary/aromatic N) is 4. The van der Waals surface area contributed by atoms with Crippen LogP contribution in [0.4, 0.5) is 0 Å². The quantitative estimate of drug-likeness (QED) is 0.657. The van der Waals surface area contributed by atoms with Crippen LogP contribution in [0, 0.1) is 0 Å². The molecule has 3 aromatic rings. The molecule has 0 fully saturated rings. The number of fused-ring (bicyclic) bond motifs is 1. The van der Waals surface area contributed by atoms with E-state index in [9.17, 15) is 9.59 Å². The number of benzene rings is 1. The van der Waals surface area contributed by atoms with E-state index in [2.05, 4.69) is 20.9 Å². The zero-order chi connectivity index (χ0) is 16.6. The van der Waals surface area contributed by atoms with Gasteiger partial charge in [-0.15, -0.1) is 0 Å². The monoisotopic (exact) mass is 374 g/mol. The maximum absolute atomic E-state index is 12.4. The number of aryl methyl sites for hydroxylation is 1. The van der Waals surface area contributed by atoms with Crippen molar-refractivity contribution in [3.63, 3.8) is 0 Å². The molecule has 0 amide bonds. The fourth-order valence-electron chi connectivity index (χ4n) is 2.44. The SMILES string of the molecule is Cn1c(=O)c2c(nc(Br)n2CC=Cc2ccccc2)n(C)c1=O. The van der Waals surface area contributed by atoms with Crippen molar-refractivity contribution in [1.82, 2.24) is 18.7 Å². The molecule has 0 saturated carbocycles. The molecule has 0 radical (unpaired) electrons. The summed E-state index contributed by atoms with van der Waals surface area (Å²) in [5, 5.41) is 0. The van der Waals surface area contributed by atoms with Crippen molar-refractivity contribution < 1.29 is 0 Å². The maximum atomic E-state index is 12.4. The fourth-order valence-corrected chi connectivity index (χ4v) is 2.93. The van der Waals surface area contributed by atoms with Crippen molar-refractivity contribution in [2.75, 3.05) is 0 Å². The predicted octanol–water partition coefficient (Wildman–Crippen LogP) is 1.91. The molecule has 0 unspecified atom stereocenters. The molecule has 1 aromatic carbocycles. The Morgan fingerprint density at radius 1 is 1.13 bits per heavy atom. The predicted molar refractivity (Wildman–Crippen MR) is 93.4 cm³/mol. The largest absolute Gasteiger partial charge is 0.332 e. The van der Waals surface area contributed by atoms with Crippen LogP contribution in [-0.2, 0) is 20.6 Å². The van der Waals surface area contributed by atoms with Gasteiger partial charge in [0.25, 0.3) is 5.56 Å². The van der Waals surface area contributed by atoms with Crippen LogP contribution in [0.5, 0.6) is 0 Å². The molecule has 7 heteroatoms. The Hall–Kier alpha value is -2.41. The van der Waals surface area contributed by atoms with Crippen molar-refractivity contribution >= 4 is 33.2 Å². The van der Waals surface area contributed by atoms with Crippen molar-refractivity contribution in [2.45, 2.75) is 6.54 Å². The van der Waals surface area contributed by atoms with Crippen LogP contribution in [0.3, 0.4) is 0 Å². The zero-order valence-corrected chi connectivity index (χ0v) is 14.3. The Bertz CT molecular complexity index is 1010. The minimum Gasteiger partial charge on any atom is -0.309 e. The summed E-state index contributed by atoms with van der Waals surface area (Å²) in [6.07, 6.45) is 3.93. The van der Waals surface area contributed by atoms with E-state index in [1.54, 1.807) is 11.6 Å². The van der Waals surface area contributed by atoms with Crippen molar-refractivity contribution in [1.29, 1.82) is 0 Å². The maximum Gasteiger partial charge on any atom is 0.332 e. The average Bonchev–Trinajstić information content (AvgIpc) is 2.89. The smallest absolute Gasteiger partial charge is 0.309 e. The summed E-state index contributed by atoms with van der Waals surface area (Å²) in [5.41, 5.74) is 1.11. The molecule has 0 aliphatic heterocycles. The molecule has 0 bridgehead atoms. The Kier molecular flexibility index (Phi) is 4.04. The summed E-state index contributed by atoms with van der Waals surface area (Å²) < 4.78 is 4.73. The average molecular weight is 375 g/mol. The number of allylic oxidation sites excluding steroid dienone is 1. The van der Waals surface area contributed by atoms with Crippen molar-refractivity contribution in [2.24, 2.45) is 14.1 Å². The lowest BCUT2D eigenvalue weighted by Crippen LogP contribution is -2.37. The van der Waals surface area contributed by atoms with Gasteiger partial charge in [0.15, 0.2) is 15.9 Å². The van der Waals surface area contributed by atoms with E-state index in [1.165, 1.54) is 11.6 Å². The van der Waals surface area contributed by atoms with Gasteiger partial charge >= 0.3 is 5.69 Å². The van der Waals surface area contributed by atoms with Crippen LogP contribution in [0.25, 0.3) is 17.2 Å². The van der Waals surface area contributed by atoms with E-state index in [0.717, 1.165) is 10.1 Å². The molecule has 0 aliphatic carbocycles. The van der Waals surface area contributed by atoms with Gasteiger partial charge in [-0.25, -0.2) is 9.78 Å². The van der Waals surface area contributed by atoms with Crippen LogP contribution in [0.15, 0.2) is 50.7 Å². The Morgan fingerprint density at radius 3 is 2.52 bits per heavy atom. The van der Waals surface area contributed by atoms with Gasteiger partial charge in [0, 0.05) is 20.6 Å². The first-order valence-corrected chi connectivity index (χ1v) is 7.83. The van der Waals surface area contributed by atoms with E-state index < -0.39 is 0 Å². The van der Waals surface area contributed by atoms with E-state index in [4.69, 9.17) is 0 Å². The summed E-state index contributed by atoms with van der Waals surface area (Å²) in [5.74, 6) is 0. The molecular formula is C16H15BrN4O2. The highest BCUT2D eigenvalue weighted by molar-refractivity contribution is 9.10. The summed E-state index contributed by atoms with van der Waals surface area (Å²) in [7, 11) is 3.07. The van der Waals surface area contributed by atoms with Crippen LogP contribution in [-0.4, -0.2) is 18.7 Å². The number of halogens is 1. The van der Waals surface area contributed by atoms with E-state index >= 15 is 0 Å². The van der Waals surface area contributed by atoms with E-state index in [-0.39, 0.29) is 11.2 Å². The number of hydrogen-bond acceptors (Lipinski definition) is 3. The summed E-state index contributed by atoms with van der Waals surface area (Å²) in [6.45, 7) is 0.472. The molecule has 2 aromatic heterocycles. The van der Waals surface area contributed by atoms with Gasteiger partial charge in [-0.1, -0.05) is 42.5 Å². The van der Waals surface area contributed by atoms with Crippen molar-refractivity contribution in [3.05, 3.63) is 67.5 Å². The molecule has 23 heavy (non-hydrogen) atoms. The van der Waals surface area contributed by atoms with Crippen LogP contribution < -0.4 is 11.2 Å². The zero-order valence-electron chi connectivity index (χ0n) is 12.7. The first-order chi connectivity index (χ1) is 11.0. The normalized spacial score (nSPS) is 11.6. The molecule has 118 valence electrons. The Morgan fingerprint density at radius 2 is 1.83 bits per heavy atom. The number of hydrogen-bond donors (Lipinski definition) is 0. The lowest BCUT2D eigenvalue weighted by atomic mass is 10.2. The van der Waals surface area contributed by atoms with E-state index in [1.807, 2.05) is 42.5 Å². The summed E-state index contributed by atoms with van der Waals surface area (Å²) in [6, 6.07) is 9.89. The van der Waals surface area contributed by atoms with Crippen LogP contribution in [0.1, 0.15) is 5.56 Å². The molecule has 0 N–H and O–H groups in total. The lowest BCUT2D eigenvalue weighted by molar-refractivity contribution is 0.703. The number of rotatable bonds is 3. The second-order valence-electron chi connectivity index (χ2n) is 5.18. The first-order valence-electron chi connectivity index (χ1n) is 7.04. The second kappa shape index (κ2) is 6.00. The molecule has 0 atom stereocenters. The van der Waals surface area contributed by atoms with Gasteiger partial charge in [-0.2, -0.15) is 0 Å². The third-order valence-electron chi connectivity index (χ3n) is 3.70. The highest BCUT2D eigenvalue weighted by atomic mass is 79.9. The van der Waals surface area contributed by atoms with Gasteiger partial charge in [0.05, 0.1) is 0 Å². The standard InChI is InChI=1S/C16H15BrN4O2/c1-19-13-12(14(22)20(2)16(19)23)21(15(17)18-13)10-6-9-11-7-4-3-5-8-11/h3-9H,10H2,1-2H3. The molecule has 0 spiro atoms. The molecule has 3 rings (SSSR count). The third-order valence-corrected chi connectivity index (χ3v) is 4.30. The minimum absolute atomic E-state index is 0.352. The molecule has 2 heterocycles. The number of aromatic nitrogens is 4. The molecule has 0 saturated heterocycles. The molecular weight excluding hydrogens is 360 g/mol. The Labute approximate surface area is 140 Å². The topological polar surface area (TPSA) is 61.8 Å². The van der Waals surface area contributed by atoms with Gasteiger partial charge < -0.3 is 4.57 Å². The van der Waals surface area contributed by atoms with Crippen molar-refractivity contribution in [3.8, 4) is 0 Å². The number of imidazole rings is 1. The van der Waals surface area contributed by atoms with E-state index in [0.29, 0.717) is 22.4 Å².